The molecule has 0 fully saturated rings. The van der Waals surface area contributed by atoms with Gasteiger partial charge in [-0.2, -0.15) is 13.2 Å². The number of alkyl halides is 3. The first-order valence-electron chi connectivity index (χ1n) is 2.97. The number of hydrogen-bond donors (Lipinski definition) is 0. The average Bonchev–Trinajstić information content (AvgIpc) is 2.03. The van der Waals surface area contributed by atoms with Gasteiger partial charge in [-0.3, -0.25) is 4.79 Å². The molecule has 0 saturated carbocycles. The molecule has 0 bridgehead atoms. The molecule has 66 valence electrons. The van der Waals surface area contributed by atoms with Crippen LogP contribution in [0.4, 0.5) is 13.2 Å². The van der Waals surface area contributed by atoms with E-state index in [0.717, 1.165) is 0 Å². The molecular weight excluding hydrogens is 284 g/mol. The Morgan fingerprint density at radius 2 is 2.00 bits per heavy atom. The second kappa shape index (κ2) is 3.51. The summed E-state index contributed by atoms with van der Waals surface area (Å²) in [6, 6.07) is 0. The van der Waals surface area contributed by atoms with Crippen molar-refractivity contribution in [1.29, 1.82) is 0 Å². The molecule has 1 heterocycles. The molecule has 0 spiro atoms. The van der Waals surface area contributed by atoms with E-state index in [-0.39, 0.29) is 3.51 Å². The molecule has 1 aliphatic rings. The highest BCUT2D eigenvalue weighted by Crippen LogP contribution is 2.21. The normalized spacial score (nSPS) is 16.8. The molecule has 12 heavy (non-hydrogen) atoms. The van der Waals surface area contributed by atoms with E-state index >= 15 is 0 Å². The van der Waals surface area contributed by atoms with Crippen LogP contribution in [0, 0.1) is 0 Å². The predicted molar refractivity (Wildman–Crippen MR) is 48.4 cm³/mol. The second-order valence-corrected chi connectivity index (χ2v) is 4.47. The van der Waals surface area contributed by atoms with Crippen LogP contribution in [-0.2, 0) is 4.79 Å². The first-order valence-corrected chi connectivity index (χ1v) is 5.29. The lowest BCUT2D eigenvalue weighted by atomic mass is 10.2. The van der Waals surface area contributed by atoms with Gasteiger partial charge in [-0.15, -0.1) is 0 Å². The topological polar surface area (TPSA) is 17.1 Å². The Morgan fingerprint density at radius 3 is 2.42 bits per heavy atom. The van der Waals surface area contributed by atoms with Gasteiger partial charge in [-0.25, -0.2) is 0 Å². The quantitative estimate of drug-likeness (QED) is 0.677. The van der Waals surface area contributed by atoms with Crippen molar-refractivity contribution in [2.24, 2.45) is 0 Å². The van der Waals surface area contributed by atoms with E-state index in [1.807, 2.05) is 0 Å². The van der Waals surface area contributed by atoms with E-state index in [2.05, 4.69) is 0 Å². The van der Waals surface area contributed by atoms with Crippen molar-refractivity contribution in [2.75, 3.05) is 0 Å². The summed E-state index contributed by atoms with van der Waals surface area (Å²) in [6.45, 7) is 0. The van der Waals surface area contributed by atoms with E-state index in [4.69, 9.17) is 0 Å². The van der Waals surface area contributed by atoms with Gasteiger partial charge in [-0.1, -0.05) is 32.9 Å². The molecule has 0 aromatic carbocycles. The zero-order valence-corrected chi connectivity index (χ0v) is 7.89. The highest BCUT2D eigenvalue weighted by Gasteiger charge is 2.40. The Morgan fingerprint density at radius 1 is 1.33 bits per heavy atom. The number of hydrogen-bond acceptors (Lipinski definition) is 1. The van der Waals surface area contributed by atoms with Crippen LogP contribution in [0.15, 0.2) is 22.3 Å². The molecule has 5 heteroatoms. The largest absolute Gasteiger partial charge is 0.455 e. The lowest BCUT2D eigenvalue weighted by Gasteiger charge is -2.05. The van der Waals surface area contributed by atoms with Gasteiger partial charge in [0.15, 0.2) is 0 Å². The number of carbonyl (C=O) groups is 1. The number of rotatable bonds is 1. The molecule has 0 radical (unpaired) electrons. The van der Waals surface area contributed by atoms with Crippen LogP contribution in [-0.4, -0.2) is 15.5 Å². The summed E-state index contributed by atoms with van der Waals surface area (Å²) in [6.07, 6.45) is -0.379. The maximum atomic E-state index is 11.8. The number of ketones is 1. The molecule has 0 N–H and O–H groups in total. The maximum Gasteiger partial charge on any atom is 0.455 e. The molecular formula is C7H4F3IO. The number of halogens is 4. The average molecular weight is 288 g/mol. The fourth-order valence-corrected chi connectivity index (χ4v) is 2.42. The summed E-state index contributed by atoms with van der Waals surface area (Å²) in [5, 5.41) is 0. The van der Waals surface area contributed by atoms with Crippen LogP contribution in [0.1, 0.15) is 0 Å². The van der Waals surface area contributed by atoms with Crippen molar-refractivity contribution < 1.29 is 18.0 Å². The van der Waals surface area contributed by atoms with Crippen molar-refractivity contribution in [3.05, 3.63) is 22.3 Å². The number of Topliss-reactive ketones (excluding diaryl/α,β-unsaturated/α-hetero) is 1. The Hall–Kier alpha value is -0.460. The number of allylic oxidation sites excluding steroid dienone is 3. The fraction of sp³-hybridized carbons (Fsp3) is 0.143. The van der Waals surface area contributed by atoms with Crippen molar-refractivity contribution in [3.8, 4) is 0 Å². The van der Waals surface area contributed by atoms with E-state index in [1.165, 1.54) is 12.2 Å². The standard InChI is InChI=1S/C7H4F3IO/c8-7(9,10)6(12)5-3-1-2-4-11-5/h1-4H. The molecule has 0 amide bonds. The van der Waals surface area contributed by atoms with Crippen molar-refractivity contribution in [2.45, 2.75) is 6.18 Å². The molecule has 0 atom stereocenters. The summed E-state index contributed by atoms with van der Waals surface area (Å²) in [7, 11) is 0. The number of carbonyl (C=O) groups excluding carboxylic acids is 1. The smallest absolute Gasteiger partial charge is 0.283 e. The van der Waals surface area contributed by atoms with Gasteiger partial charge < -0.3 is 0 Å². The first-order chi connectivity index (χ1) is 5.52. The highest BCUT2D eigenvalue weighted by molar-refractivity contribution is 14.2. The molecule has 1 nitrogen and oxygen atoms in total. The van der Waals surface area contributed by atoms with Crippen LogP contribution in [0.2, 0.25) is 0 Å². The van der Waals surface area contributed by atoms with Gasteiger partial charge in [0.25, 0.3) is 5.78 Å². The van der Waals surface area contributed by atoms with E-state index < -0.39 is 32.7 Å². The molecule has 1 rings (SSSR count). The molecule has 0 saturated heterocycles. The zero-order chi connectivity index (χ0) is 9.19. The molecule has 0 unspecified atom stereocenters. The fourth-order valence-electron chi connectivity index (χ4n) is 0.583. The minimum atomic E-state index is -4.72. The van der Waals surface area contributed by atoms with Gasteiger partial charge in [-0.05, 0) is 10.2 Å². The third-order valence-electron chi connectivity index (χ3n) is 1.08. The lowest BCUT2D eigenvalue weighted by Crippen LogP contribution is -2.28. The van der Waals surface area contributed by atoms with Crippen LogP contribution < -0.4 is 0 Å². The van der Waals surface area contributed by atoms with Gasteiger partial charge in [0.1, 0.15) is 0 Å². The third-order valence-corrected chi connectivity index (χ3v) is 3.38. The Kier molecular flexibility index (Phi) is 2.81. The molecule has 0 aromatic heterocycles. The van der Waals surface area contributed by atoms with Crippen molar-refractivity contribution in [3.63, 3.8) is 0 Å². The summed E-state index contributed by atoms with van der Waals surface area (Å²) in [5.74, 6) is -1.70. The maximum absolute atomic E-state index is 11.8. The van der Waals surface area contributed by atoms with Gasteiger partial charge >= 0.3 is 6.18 Å². The van der Waals surface area contributed by atoms with Gasteiger partial charge in [0.05, 0.1) is 3.51 Å². The summed E-state index contributed by atoms with van der Waals surface area (Å²) >= 11 is -0.878. The van der Waals surface area contributed by atoms with Crippen LogP contribution in [0.25, 0.3) is 0 Å². The summed E-state index contributed by atoms with van der Waals surface area (Å²) in [4.78, 5) is 10.6. The van der Waals surface area contributed by atoms with E-state index in [9.17, 15) is 18.0 Å². The minimum Gasteiger partial charge on any atom is -0.283 e. The first kappa shape index (κ1) is 9.63. The monoisotopic (exact) mass is 288 g/mol. The molecule has 1 aliphatic heterocycles. The van der Waals surface area contributed by atoms with Crippen LogP contribution in [0.3, 0.4) is 0 Å². The third kappa shape index (κ3) is 2.26. The van der Waals surface area contributed by atoms with Gasteiger partial charge in [0.2, 0.25) is 0 Å². The second-order valence-electron chi connectivity index (χ2n) is 1.96. The molecule has 0 aromatic rings. The summed E-state index contributed by atoms with van der Waals surface area (Å²) in [5.41, 5.74) is 0. The van der Waals surface area contributed by atoms with Crippen LogP contribution in [0.5, 0.6) is 0 Å². The lowest BCUT2D eigenvalue weighted by molar-refractivity contribution is -0.162. The predicted octanol–water partition coefficient (Wildman–Crippen LogP) is 2.34. The Bertz CT molecular complexity index is 286. The van der Waals surface area contributed by atoms with E-state index in [1.54, 1.807) is 10.2 Å². The highest BCUT2D eigenvalue weighted by atomic mass is 127. The summed E-state index contributed by atoms with van der Waals surface area (Å²) < 4.78 is 37.0. The Balaban J connectivity index is 2.86. The van der Waals surface area contributed by atoms with Crippen molar-refractivity contribution in [1.82, 2.24) is 0 Å². The zero-order valence-electron chi connectivity index (χ0n) is 5.73. The Labute approximate surface area is 76.7 Å². The van der Waals surface area contributed by atoms with Crippen molar-refractivity contribution >= 4 is 30.0 Å². The minimum absolute atomic E-state index is 0.0937. The van der Waals surface area contributed by atoms with Gasteiger partial charge in [0, 0.05) is 0 Å². The molecule has 0 aliphatic carbocycles. The SMILES string of the molecule is O=C(C1=IC=CC=C1)C(F)(F)F. The van der Waals surface area contributed by atoms with Crippen LogP contribution >= 0.6 is 20.7 Å². The van der Waals surface area contributed by atoms with E-state index in [0.29, 0.717) is 0 Å².